The minimum Gasteiger partial charge on any atom is -0.252 e. The van der Waals surface area contributed by atoms with Crippen molar-refractivity contribution in [2.24, 2.45) is 5.41 Å². The second-order valence-corrected chi connectivity index (χ2v) is 6.21. The van der Waals surface area contributed by atoms with Gasteiger partial charge in [-0.15, -0.1) is 5.10 Å². The quantitative estimate of drug-likeness (QED) is 0.781. The van der Waals surface area contributed by atoms with Crippen molar-refractivity contribution >= 4 is 15.9 Å². The number of hydrogen-bond acceptors (Lipinski definition) is 2. The van der Waals surface area contributed by atoms with Crippen molar-refractivity contribution in [2.75, 3.05) is 0 Å². The molecule has 0 N–H and O–H groups in total. The number of nitrogens with zero attached hydrogens (tertiary/aromatic N) is 3. The van der Waals surface area contributed by atoms with Gasteiger partial charge < -0.3 is 0 Å². The SMILES string of the molecule is CC(Br)c1cn(CCC(C)(C)C)nn1. The molecule has 0 aromatic carbocycles. The number of aromatic nitrogens is 3. The number of hydrogen-bond donors (Lipinski definition) is 0. The Morgan fingerprint density at radius 1 is 1.50 bits per heavy atom. The fourth-order valence-electron chi connectivity index (χ4n) is 1.05. The zero-order valence-corrected chi connectivity index (χ0v) is 10.9. The average molecular weight is 260 g/mol. The highest BCUT2D eigenvalue weighted by Crippen LogP contribution is 2.21. The summed E-state index contributed by atoms with van der Waals surface area (Å²) in [6, 6.07) is 0. The van der Waals surface area contributed by atoms with Crippen molar-refractivity contribution in [2.45, 2.75) is 45.5 Å². The molecule has 1 aromatic rings. The predicted octanol–water partition coefficient (Wildman–Crippen LogP) is 3.17. The van der Waals surface area contributed by atoms with Gasteiger partial charge in [0.15, 0.2) is 0 Å². The molecule has 1 unspecified atom stereocenters. The zero-order valence-electron chi connectivity index (χ0n) is 9.29. The second-order valence-electron chi connectivity index (χ2n) is 4.83. The van der Waals surface area contributed by atoms with Crippen LogP contribution in [0.1, 0.15) is 44.6 Å². The number of alkyl halides is 1. The van der Waals surface area contributed by atoms with Gasteiger partial charge in [0.1, 0.15) is 0 Å². The number of rotatable bonds is 3. The van der Waals surface area contributed by atoms with Crippen molar-refractivity contribution in [1.82, 2.24) is 15.0 Å². The Hall–Kier alpha value is -0.380. The summed E-state index contributed by atoms with van der Waals surface area (Å²) in [6.45, 7) is 9.70. The summed E-state index contributed by atoms with van der Waals surface area (Å²) in [7, 11) is 0. The van der Waals surface area contributed by atoms with Crippen molar-refractivity contribution in [3.63, 3.8) is 0 Å². The van der Waals surface area contributed by atoms with Gasteiger partial charge in [0, 0.05) is 12.7 Å². The van der Waals surface area contributed by atoms with Gasteiger partial charge in [0.25, 0.3) is 0 Å². The van der Waals surface area contributed by atoms with Crippen LogP contribution in [0.5, 0.6) is 0 Å². The summed E-state index contributed by atoms with van der Waals surface area (Å²) in [6.07, 6.45) is 3.12. The molecule has 0 spiro atoms. The van der Waals surface area contributed by atoms with Crippen molar-refractivity contribution < 1.29 is 0 Å². The van der Waals surface area contributed by atoms with Crippen LogP contribution in [0.4, 0.5) is 0 Å². The van der Waals surface area contributed by atoms with E-state index in [0.717, 1.165) is 18.7 Å². The molecule has 0 saturated carbocycles. The summed E-state index contributed by atoms with van der Waals surface area (Å²) in [5.41, 5.74) is 1.35. The fourth-order valence-corrected chi connectivity index (χ4v) is 1.26. The lowest BCUT2D eigenvalue weighted by Crippen LogP contribution is -2.10. The molecule has 0 amide bonds. The van der Waals surface area contributed by atoms with E-state index in [4.69, 9.17) is 0 Å². The van der Waals surface area contributed by atoms with Crippen LogP contribution in [0.2, 0.25) is 0 Å². The van der Waals surface area contributed by atoms with Crippen LogP contribution >= 0.6 is 15.9 Å². The minimum atomic E-state index is 0.283. The first kappa shape index (κ1) is 11.7. The van der Waals surface area contributed by atoms with Crippen LogP contribution in [0.15, 0.2) is 6.20 Å². The highest BCUT2D eigenvalue weighted by Gasteiger charge is 2.11. The molecule has 14 heavy (non-hydrogen) atoms. The molecule has 0 bridgehead atoms. The topological polar surface area (TPSA) is 30.7 Å². The highest BCUT2D eigenvalue weighted by atomic mass is 79.9. The third kappa shape index (κ3) is 3.78. The first-order valence-corrected chi connectivity index (χ1v) is 5.84. The van der Waals surface area contributed by atoms with Crippen LogP contribution < -0.4 is 0 Å². The average Bonchev–Trinajstić information content (AvgIpc) is 2.47. The Morgan fingerprint density at radius 3 is 2.57 bits per heavy atom. The van der Waals surface area contributed by atoms with Crippen LogP contribution in [0.3, 0.4) is 0 Å². The second kappa shape index (κ2) is 4.43. The largest absolute Gasteiger partial charge is 0.252 e. The molecule has 1 aromatic heterocycles. The van der Waals surface area contributed by atoms with Gasteiger partial charge in [-0.1, -0.05) is 41.9 Å². The van der Waals surface area contributed by atoms with Gasteiger partial charge in [-0.25, -0.2) is 0 Å². The Morgan fingerprint density at radius 2 is 2.14 bits per heavy atom. The monoisotopic (exact) mass is 259 g/mol. The number of aryl methyl sites for hydroxylation is 1. The Balaban J connectivity index is 2.52. The van der Waals surface area contributed by atoms with Crippen molar-refractivity contribution in [1.29, 1.82) is 0 Å². The number of halogens is 1. The third-order valence-corrected chi connectivity index (χ3v) is 2.52. The fraction of sp³-hybridized carbons (Fsp3) is 0.800. The molecule has 0 aliphatic carbocycles. The van der Waals surface area contributed by atoms with Gasteiger partial charge in [0.2, 0.25) is 0 Å². The van der Waals surface area contributed by atoms with Gasteiger partial charge >= 0.3 is 0 Å². The third-order valence-electron chi connectivity index (χ3n) is 2.05. The Labute approximate surface area is 94.0 Å². The van der Waals surface area contributed by atoms with Gasteiger partial charge in [-0.05, 0) is 18.8 Å². The van der Waals surface area contributed by atoms with E-state index in [1.807, 2.05) is 10.9 Å². The summed E-state index contributed by atoms with van der Waals surface area (Å²) >= 11 is 3.47. The molecule has 1 heterocycles. The summed E-state index contributed by atoms with van der Waals surface area (Å²) in [4.78, 5) is 0.283. The van der Waals surface area contributed by atoms with Crippen molar-refractivity contribution in [3.8, 4) is 0 Å². The van der Waals surface area contributed by atoms with E-state index in [1.165, 1.54) is 0 Å². The molecule has 0 fully saturated rings. The molecule has 0 radical (unpaired) electrons. The molecular weight excluding hydrogens is 242 g/mol. The molecule has 0 aliphatic rings. The summed E-state index contributed by atoms with van der Waals surface area (Å²) < 4.78 is 1.92. The minimum absolute atomic E-state index is 0.283. The molecular formula is C10H18BrN3. The van der Waals surface area contributed by atoms with E-state index in [2.05, 4.69) is 53.9 Å². The normalized spacial score (nSPS) is 14.4. The molecule has 0 saturated heterocycles. The highest BCUT2D eigenvalue weighted by molar-refractivity contribution is 9.09. The maximum Gasteiger partial charge on any atom is 0.0960 e. The van der Waals surface area contributed by atoms with Crippen molar-refractivity contribution in [3.05, 3.63) is 11.9 Å². The molecule has 1 rings (SSSR count). The first-order chi connectivity index (χ1) is 6.38. The Bertz CT molecular complexity index is 286. The van der Waals surface area contributed by atoms with Gasteiger partial charge in [0.05, 0.1) is 10.5 Å². The molecule has 0 aliphatic heterocycles. The van der Waals surface area contributed by atoms with E-state index in [0.29, 0.717) is 5.41 Å². The summed E-state index contributed by atoms with van der Waals surface area (Å²) in [5.74, 6) is 0. The zero-order chi connectivity index (χ0) is 10.8. The maximum atomic E-state index is 4.08. The lowest BCUT2D eigenvalue weighted by Gasteiger charge is -2.17. The van der Waals surface area contributed by atoms with Crippen LogP contribution in [0, 0.1) is 5.41 Å². The maximum absolute atomic E-state index is 4.08. The van der Waals surface area contributed by atoms with E-state index < -0.39 is 0 Å². The van der Waals surface area contributed by atoms with Crippen LogP contribution in [-0.2, 0) is 6.54 Å². The van der Waals surface area contributed by atoms with Crippen LogP contribution in [0.25, 0.3) is 0 Å². The van der Waals surface area contributed by atoms with E-state index in [1.54, 1.807) is 0 Å². The van der Waals surface area contributed by atoms with E-state index in [-0.39, 0.29) is 4.83 Å². The predicted molar refractivity (Wildman–Crippen MR) is 61.4 cm³/mol. The van der Waals surface area contributed by atoms with E-state index in [9.17, 15) is 0 Å². The van der Waals surface area contributed by atoms with E-state index >= 15 is 0 Å². The molecule has 4 heteroatoms. The smallest absolute Gasteiger partial charge is 0.0960 e. The lowest BCUT2D eigenvalue weighted by molar-refractivity contribution is 0.339. The summed E-state index contributed by atoms with van der Waals surface area (Å²) in [5, 5.41) is 8.16. The lowest BCUT2D eigenvalue weighted by atomic mass is 9.92. The molecule has 80 valence electrons. The standard InChI is InChI=1S/C10H18BrN3/c1-8(11)9-7-14(13-12-9)6-5-10(2,3)4/h7-8H,5-6H2,1-4H3. The Kier molecular flexibility index (Phi) is 3.70. The van der Waals surface area contributed by atoms with Crippen LogP contribution in [-0.4, -0.2) is 15.0 Å². The first-order valence-electron chi connectivity index (χ1n) is 4.92. The van der Waals surface area contributed by atoms with Gasteiger partial charge in [-0.2, -0.15) is 0 Å². The molecule has 3 nitrogen and oxygen atoms in total. The van der Waals surface area contributed by atoms with Gasteiger partial charge in [-0.3, -0.25) is 4.68 Å². The molecule has 1 atom stereocenters.